The van der Waals surface area contributed by atoms with E-state index in [1.807, 2.05) is 32.0 Å². The van der Waals surface area contributed by atoms with E-state index in [1.54, 1.807) is 19.1 Å². The number of carboxylic acid groups (broad SMARTS) is 1. The highest BCUT2D eigenvalue weighted by molar-refractivity contribution is 5.85. The van der Waals surface area contributed by atoms with Crippen LogP contribution in [0.5, 0.6) is 0 Å². The van der Waals surface area contributed by atoms with Gasteiger partial charge in [-0.05, 0) is 24.3 Å². The molecule has 0 aliphatic heterocycles. The Labute approximate surface area is 119 Å². The average molecular weight is 275 g/mol. The van der Waals surface area contributed by atoms with Gasteiger partial charge in [-0.1, -0.05) is 44.2 Å². The van der Waals surface area contributed by atoms with Gasteiger partial charge in [-0.3, -0.25) is 9.59 Å². The zero-order valence-corrected chi connectivity index (χ0v) is 12.1. The van der Waals surface area contributed by atoms with Crippen molar-refractivity contribution in [3.05, 3.63) is 35.9 Å². The molecule has 0 heterocycles. The van der Waals surface area contributed by atoms with Crippen LogP contribution in [-0.2, 0) is 15.0 Å². The van der Waals surface area contributed by atoms with E-state index in [4.69, 9.17) is 0 Å². The fraction of sp³-hybridized carbons (Fsp3) is 0.500. The zero-order valence-electron chi connectivity index (χ0n) is 12.1. The molecule has 2 atom stereocenters. The van der Waals surface area contributed by atoms with Gasteiger partial charge in [0.25, 0.3) is 0 Å². The van der Waals surface area contributed by atoms with Crippen LogP contribution in [0.1, 0.15) is 32.8 Å². The maximum absolute atomic E-state index is 12.0. The molecule has 1 aliphatic rings. The average Bonchev–Trinajstić information content (AvgIpc) is 3.05. The first-order chi connectivity index (χ1) is 9.27. The fourth-order valence-electron chi connectivity index (χ4n) is 2.41. The van der Waals surface area contributed by atoms with Crippen LogP contribution in [0, 0.1) is 11.3 Å². The number of hydrogen-bond donors (Lipinski definition) is 2. The number of carbonyl (C=O) groups is 2. The maximum atomic E-state index is 12.0. The molecule has 20 heavy (non-hydrogen) atoms. The zero-order chi connectivity index (χ0) is 15.0. The predicted octanol–water partition coefficient (Wildman–Crippen LogP) is 2.19. The summed E-state index contributed by atoms with van der Waals surface area (Å²) in [5, 5.41) is 12.3. The van der Waals surface area contributed by atoms with Gasteiger partial charge in [0.05, 0.1) is 0 Å². The Morgan fingerprint density at radius 3 is 2.35 bits per heavy atom. The number of aliphatic carboxylic acids is 1. The van der Waals surface area contributed by atoms with Crippen molar-refractivity contribution in [2.75, 3.05) is 6.54 Å². The second-order valence-corrected chi connectivity index (χ2v) is 6.47. The van der Waals surface area contributed by atoms with Crippen LogP contribution in [-0.4, -0.2) is 23.5 Å². The molecular formula is C16H21NO3. The molecule has 4 nitrogen and oxygen atoms in total. The van der Waals surface area contributed by atoms with E-state index in [-0.39, 0.29) is 23.8 Å². The molecule has 0 radical (unpaired) electrons. The lowest BCUT2D eigenvalue weighted by Crippen LogP contribution is -2.45. The molecular weight excluding hydrogens is 254 g/mol. The summed E-state index contributed by atoms with van der Waals surface area (Å²) in [5.41, 5.74) is -0.352. The minimum Gasteiger partial charge on any atom is -0.481 e. The van der Waals surface area contributed by atoms with Crippen molar-refractivity contribution in [2.24, 2.45) is 11.3 Å². The first-order valence-corrected chi connectivity index (χ1v) is 6.84. The Morgan fingerprint density at radius 2 is 1.90 bits per heavy atom. The van der Waals surface area contributed by atoms with Gasteiger partial charge < -0.3 is 10.4 Å². The van der Waals surface area contributed by atoms with E-state index in [0.29, 0.717) is 5.56 Å². The number of carbonyl (C=O) groups excluding carboxylic acids is 1. The molecule has 1 fully saturated rings. The molecule has 1 unspecified atom stereocenters. The van der Waals surface area contributed by atoms with Crippen LogP contribution in [0.3, 0.4) is 0 Å². The molecule has 0 spiro atoms. The van der Waals surface area contributed by atoms with Gasteiger partial charge in [0.2, 0.25) is 5.91 Å². The number of hydrogen-bond acceptors (Lipinski definition) is 2. The molecule has 1 aromatic rings. The molecule has 0 bridgehead atoms. The van der Waals surface area contributed by atoms with Crippen molar-refractivity contribution in [3.8, 4) is 0 Å². The summed E-state index contributed by atoms with van der Waals surface area (Å²) in [4.78, 5) is 23.6. The quantitative estimate of drug-likeness (QED) is 0.865. The Morgan fingerprint density at radius 1 is 1.35 bits per heavy atom. The number of carboxylic acids is 1. The molecule has 1 amide bonds. The summed E-state index contributed by atoms with van der Waals surface area (Å²) < 4.78 is 0. The van der Waals surface area contributed by atoms with Crippen LogP contribution in [0.4, 0.5) is 0 Å². The summed E-state index contributed by atoms with van der Waals surface area (Å²) in [6.07, 6.45) is 0.869. The predicted molar refractivity (Wildman–Crippen MR) is 76.3 cm³/mol. The molecule has 108 valence electrons. The third-order valence-corrected chi connectivity index (χ3v) is 4.33. The van der Waals surface area contributed by atoms with Crippen molar-refractivity contribution in [1.29, 1.82) is 0 Å². The summed E-state index contributed by atoms with van der Waals surface area (Å²) >= 11 is 0. The summed E-state index contributed by atoms with van der Waals surface area (Å²) in [6, 6.07) is 9.02. The molecule has 2 rings (SSSR count). The highest BCUT2D eigenvalue weighted by Gasteiger charge is 2.51. The van der Waals surface area contributed by atoms with Crippen LogP contribution in [0.25, 0.3) is 0 Å². The van der Waals surface area contributed by atoms with Gasteiger partial charge in [0.1, 0.15) is 5.41 Å². The molecule has 4 heteroatoms. The SMILES string of the molecule is CC(CNC(=O)[C@H]1CC1(C)C)(C(=O)O)c1ccccc1. The summed E-state index contributed by atoms with van der Waals surface area (Å²) in [6.45, 7) is 5.84. The lowest BCUT2D eigenvalue weighted by molar-refractivity contribution is -0.143. The second-order valence-electron chi connectivity index (χ2n) is 6.47. The Balaban J connectivity index is 2.07. The van der Waals surface area contributed by atoms with E-state index in [9.17, 15) is 14.7 Å². The van der Waals surface area contributed by atoms with Gasteiger partial charge in [-0.25, -0.2) is 0 Å². The van der Waals surface area contributed by atoms with Crippen LogP contribution >= 0.6 is 0 Å². The van der Waals surface area contributed by atoms with Gasteiger partial charge in [-0.15, -0.1) is 0 Å². The lowest BCUT2D eigenvalue weighted by atomic mass is 9.82. The summed E-state index contributed by atoms with van der Waals surface area (Å²) in [7, 11) is 0. The van der Waals surface area contributed by atoms with E-state index < -0.39 is 11.4 Å². The van der Waals surface area contributed by atoms with Gasteiger partial charge in [0, 0.05) is 12.5 Å². The third-order valence-electron chi connectivity index (χ3n) is 4.33. The Bertz CT molecular complexity index is 524. The standard InChI is InChI=1S/C16H21NO3/c1-15(2)9-12(15)13(18)17-10-16(3,14(19)20)11-7-5-4-6-8-11/h4-8,12H,9-10H2,1-3H3,(H,17,18)(H,19,20)/t12-,16?/m1/s1. The Kier molecular flexibility index (Phi) is 3.59. The van der Waals surface area contributed by atoms with Gasteiger partial charge in [0.15, 0.2) is 0 Å². The van der Waals surface area contributed by atoms with E-state index in [2.05, 4.69) is 5.32 Å². The van der Waals surface area contributed by atoms with E-state index in [1.165, 1.54) is 0 Å². The molecule has 1 aromatic carbocycles. The van der Waals surface area contributed by atoms with Crippen molar-refractivity contribution < 1.29 is 14.7 Å². The van der Waals surface area contributed by atoms with Crippen LogP contribution in [0.15, 0.2) is 30.3 Å². The molecule has 2 N–H and O–H groups in total. The lowest BCUT2D eigenvalue weighted by Gasteiger charge is -2.25. The number of benzene rings is 1. The van der Waals surface area contributed by atoms with Gasteiger partial charge in [-0.2, -0.15) is 0 Å². The van der Waals surface area contributed by atoms with E-state index >= 15 is 0 Å². The first kappa shape index (κ1) is 14.6. The van der Waals surface area contributed by atoms with Crippen molar-refractivity contribution >= 4 is 11.9 Å². The second kappa shape index (κ2) is 4.93. The largest absolute Gasteiger partial charge is 0.481 e. The van der Waals surface area contributed by atoms with E-state index in [0.717, 1.165) is 6.42 Å². The Hall–Kier alpha value is -1.84. The van der Waals surface area contributed by atoms with Crippen LogP contribution in [0.2, 0.25) is 0 Å². The minimum atomic E-state index is -1.10. The third kappa shape index (κ3) is 2.69. The fourth-order valence-corrected chi connectivity index (χ4v) is 2.41. The first-order valence-electron chi connectivity index (χ1n) is 6.84. The van der Waals surface area contributed by atoms with Crippen LogP contribution < -0.4 is 5.32 Å². The highest BCUT2D eigenvalue weighted by Crippen LogP contribution is 2.51. The van der Waals surface area contributed by atoms with Crippen molar-refractivity contribution in [2.45, 2.75) is 32.6 Å². The molecule has 1 saturated carbocycles. The smallest absolute Gasteiger partial charge is 0.315 e. The summed E-state index contributed by atoms with van der Waals surface area (Å²) in [5.74, 6) is -0.964. The normalized spacial score (nSPS) is 22.6. The molecule has 0 saturated heterocycles. The number of nitrogens with one attached hydrogen (secondary N) is 1. The monoisotopic (exact) mass is 275 g/mol. The minimum absolute atomic E-state index is 0.0105. The van der Waals surface area contributed by atoms with Gasteiger partial charge >= 0.3 is 5.97 Å². The van der Waals surface area contributed by atoms with Crippen molar-refractivity contribution in [1.82, 2.24) is 5.32 Å². The maximum Gasteiger partial charge on any atom is 0.315 e. The highest BCUT2D eigenvalue weighted by atomic mass is 16.4. The topological polar surface area (TPSA) is 66.4 Å². The number of amides is 1. The number of rotatable bonds is 5. The molecule has 1 aliphatic carbocycles. The van der Waals surface area contributed by atoms with Crippen molar-refractivity contribution in [3.63, 3.8) is 0 Å². The molecule has 0 aromatic heterocycles.